The fourth-order valence-corrected chi connectivity index (χ4v) is 2.20. The first kappa shape index (κ1) is 15.9. The van der Waals surface area contributed by atoms with E-state index in [1.807, 2.05) is 0 Å². The van der Waals surface area contributed by atoms with Crippen molar-refractivity contribution in [2.45, 2.75) is 58.3 Å². The number of hydrogen-bond acceptors (Lipinski definition) is 4. The fourth-order valence-electron chi connectivity index (χ4n) is 2.20. The quantitative estimate of drug-likeness (QED) is 0.721. The van der Waals surface area contributed by atoms with Crippen LogP contribution in [0.15, 0.2) is 0 Å². The van der Waals surface area contributed by atoms with Crippen LogP contribution in [0.4, 0.5) is 0 Å². The van der Waals surface area contributed by atoms with Crippen molar-refractivity contribution in [2.75, 3.05) is 32.8 Å². The molecular formula is C14H30N2O2. The highest BCUT2D eigenvalue weighted by molar-refractivity contribution is 4.76. The number of nitrogens with zero attached hydrogens (tertiary/aromatic N) is 1. The van der Waals surface area contributed by atoms with Crippen molar-refractivity contribution in [3.8, 4) is 0 Å². The molecule has 0 saturated carbocycles. The van der Waals surface area contributed by atoms with Crippen LogP contribution in [0.3, 0.4) is 0 Å². The van der Waals surface area contributed by atoms with Gasteiger partial charge in [-0.15, -0.1) is 0 Å². The molecule has 1 fully saturated rings. The summed E-state index contributed by atoms with van der Waals surface area (Å²) >= 11 is 0. The number of nitrogens with one attached hydrogen (secondary N) is 1. The molecule has 4 heteroatoms. The van der Waals surface area contributed by atoms with Crippen LogP contribution in [0.2, 0.25) is 0 Å². The molecule has 18 heavy (non-hydrogen) atoms. The Balaban J connectivity index is 2.24. The molecule has 0 aromatic heterocycles. The van der Waals surface area contributed by atoms with Crippen LogP contribution in [-0.4, -0.2) is 60.5 Å². The van der Waals surface area contributed by atoms with Crippen LogP contribution in [0.1, 0.15) is 40.5 Å². The molecule has 0 aromatic rings. The maximum absolute atomic E-state index is 10.0. The Bertz CT molecular complexity index is 222. The number of hydrogen-bond donors (Lipinski definition) is 2. The molecule has 0 radical (unpaired) electrons. The first-order chi connectivity index (χ1) is 8.40. The summed E-state index contributed by atoms with van der Waals surface area (Å²) in [4.78, 5) is 2.28. The van der Waals surface area contributed by atoms with E-state index < -0.39 is 0 Å². The molecule has 0 aromatic carbocycles. The second-order valence-electron chi connectivity index (χ2n) is 6.27. The van der Waals surface area contributed by atoms with E-state index in [4.69, 9.17) is 4.74 Å². The second kappa shape index (κ2) is 7.43. The summed E-state index contributed by atoms with van der Waals surface area (Å²) in [5.74, 6) is 0. The molecule has 108 valence electrons. The van der Waals surface area contributed by atoms with Crippen molar-refractivity contribution >= 4 is 0 Å². The van der Waals surface area contributed by atoms with Crippen molar-refractivity contribution in [2.24, 2.45) is 0 Å². The van der Waals surface area contributed by atoms with E-state index >= 15 is 0 Å². The minimum Gasteiger partial charge on any atom is -0.390 e. The summed E-state index contributed by atoms with van der Waals surface area (Å²) < 4.78 is 5.64. The van der Waals surface area contributed by atoms with Gasteiger partial charge in [0.1, 0.15) is 0 Å². The van der Waals surface area contributed by atoms with Gasteiger partial charge in [-0.3, -0.25) is 4.90 Å². The van der Waals surface area contributed by atoms with Crippen molar-refractivity contribution in [1.29, 1.82) is 0 Å². The van der Waals surface area contributed by atoms with Gasteiger partial charge in [0.2, 0.25) is 0 Å². The van der Waals surface area contributed by atoms with Gasteiger partial charge in [0.15, 0.2) is 0 Å². The number of likely N-dealkylation sites (N-methyl/N-ethyl adjacent to an activating group) is 1. The van der Waals surface area contributed by atoms with E-state index in [1.165, 1.54) is 6.42 Å². The highest BCUT2D eigenvalue weighted by Gasteiger charge is 2.20. The normalized spacial score (nSPS) is 22.7. The SMILES string of the molecule is CCN(CC(O)CNC(C)(C)C)CC1CCCO1. The van der Waals surface area contributed by atoms with Gasteiger partial charge in [-0.25, -0.2) is 0 Å². The summed E-state index contributed by atoms with van der Waals surface area (Å²) in [6, 6.07) is 0. The predicted molar refractivity (Wildman–Crippen MR) is 74.9 cm³/mol. The molecule has 1 heterocycles. The molecule has 2 N–H and O–H groups in total. The minimum absolute atomic E-state index is 0.0621. The number of rotatable bonds is 7. The zero-order chi connectivity index (χ0) is 13.6. The van der Waals surface area contributed by atoms with E-state index in [0.717, 1.165) is 32.7 Å². The van der Waals surface area contributed by atoms with Crippen LogP contribution in [-0.2, 0) is 4.74 Å². The Morgan fingerprint density at radius 3 is 2.67 bits per heavy atom. The molecule has 1 aliphatic heterocycles. The third-order valence-electron chi connectivity index (χ3n) is 3.27. The zero-order valence-electron chi connectivity index (χ0n) is 12.4. The molecular weight excluding hydrogens is 228 g/mol. The Kier molecular flexibility index (Phi) is 6.57. The lowest BCUT2D eigenvalue weighted by Gasteiger charge is -2.28. The Labute approximate surface area is 112 Å². The predicted octanol–water partition coefficient (Wildman–Crippen LogP) is 1.24. The first-order valence-corrected chi connectivity index (χ1v) is 7.17. The maximum Gasteiger partial charge on any atom is 0.0791 e. The average Bonchev–Trinajstić information content (AvgIpc) is 2.77. The van der Waals surface area contributed by atoms with Crippen LogP contribution in [0.25, 0.3) is 0 Å². The smallest absolute Gasteiger partial charge is 0.0791 e. The van der Waals surface area contributed by atoms with Crippen LogP contribution in [0.5, 0.6) is 0 Å². The van der Waals surface area contributed by atoms with Crippen LogP contribution in [0, 0.1) is 0 Å². The molecule has 4 nitrogen and oxygen atoms in total. The summed E-state index contributed by atoms with van der Waals surface area (Å²) in [5.41, 5.74) is 0.0621. The maximum atomic E-state index is 10.0. The molecule has 0 amide bonds. The third kappa shape index (κ3) is 6.69. The van der Waals surface area contributed by atoms with E-state index in [9.17, 15) is 5.11 Å². The van der Waals surface area contributed by atoms with Crippen LogP contribution >= 0.6 is 0 Å². The lowest BCUT2D eigenvalue weighted by atomic mass is 10.1. The summed E-state index contributed by atoms with van der Waals surface area (Å²) in [6.45, 7) is 12.7. The van der Waals surface area contributed by atoms with Gasteiger partial charge in [0, 0.05) is 31.8 Å². The van der Waals surface area contributed by atoms with E-state index in [2.05, 4.69) is 37.9 Å². The van der Waals surface area contributed by atoms with Gasteiger partial charge >= 0.3 is 0 Å². The largest absolute Gasteiger partial charge is 0.390 e. The Hall–Kier alpha value is -0.160. The zero-order valence-corrected chi connectivity index (χ0v) is 12.4. The topological polar surface area (TPSA) is 44.7 Å². The Morgan fingerprint density at radius 1 is 1.44 bits per heavy atom. The highest BCUT2D eigenvalue weighted by Crippen LogP contribution is 2.13. The van der Waals surface area contributed by atoms with E-state index in [-0.39, 0.29) is 11.6 Å². The van der Waals surface area contributed by atoms with Gasteiger partial charge in [-0.1, -0.05) is 6.92 Å². The van der Waals surface area contributed by atoms with Gasteiger partial charge in [0.05, 0.1) is 12.2 Å². The Morgan fingerprint density at radius 2 is 2.17 bits per heavy atom. The number of aliphatic hydroxyl groups is 1. The van der Waals surface area contributed by atoms with Gasteiger partial charge < -0.3 is 15.2 Å². The number of β-amino-alcohol motifs (C(OH)–C–C–N with tert-alkyl or cyclic N) is 1. The second-order valence-corrected chi connectivity index (χ2v) is 6.27. The molecule has 2 atom stereocenters. The monoisotopic (exact) mass is 258 g/mol. The van der Waals surface area contributed by atoms with E-state index in [1.54, 1.807) is 0 Å². The van der Waals surface area contributed by atoms with Crippen molar-refractivity contribution in [3.63, 3.8) is 0 Å². The number of aliphatic hydroxyl groups excluding tert-OH is 1. The molecule has 0 bridgehead atoms. The minimum atomic E-state index is -0.314. The molecule has 0 aliphatic carbocycles. The summed E-state index contributed by atoms with van der Waals surface area (Å²) in [7, 11) is 0. The van der Waals surface area contributed by atoms with Crippen molar-refractivity contribution < 1.29 is 9.84 Å². The number of ether oxygens (including phenoxy) is 1. The lowest BCUT2D eigenvalue weighted by Crippen LogP contribution is -2.46. The molecule has 1 saturated heterocycles. The van der Waals surface area contributed by atoms with Crippen molar-refractivity contribution in [3.05, 3.63) is 0 Å². The molecule has 2 unspecified atom stereocenters. The summed E-state index contributed by atoms with van der Waals surface area (Å²) in [6.07, 6.45) is 2.39. The van der Waals surface area contributed by atoms with E-state index in [0.29, 0.717) is 12.6 Å². The van der Waals surface area contributed by atoms with Gasteiger partial charge in [-0.05, 0) is 40.2 Å². The average molecular weight is 258 g/mol. The third-order valence-corrected chi connectivity index (χ3v) is 3.27. The van der Waals surface area contributed by atoms with Gasteiger partial charge in [0.25, 0.3) is 0 Å². The van der Waals surface area contributed by atoms with Gasteiger partial charge in [-0.2, -0.15) is 0 Å². The first-order valence-electron chi connectivity index (χ1n) is 7.17. The molecule has 1 rings (SSSR count). The van der Waals surface area contributed by atoms with Crippen molar-refractivity contribution in [1.82, 2.24) is 10.2 Å². The fraction of sp³-hybridized carbons (Fsp3) is 1.00. The summed E-state index contributed by atoms with van der Waals surface area (Å²) in [5, 5.41) is 13.4. The molecule has 1 aliphatic rings. The standard InChI is InChI=1S/C14H30N2O2/c1-5-16(11-13-7-6-8-18-13)10-12(17)9-15-14(2,3)4/h12-13,15,17H,5-11H2,1-4H3. The highest BCUT2D eigenvalue weighted by atomic mass is 16.5. The molecule has 0 spiro atoms. The van der Waals surface area contributed by atoms with Crippen LogP contribution < -0.4 is 5.32 Å². The lowest BCUT2D eigenvalue weighted by molar-refractivity contribution is 0.0503.